The van der Waals surface area contributed by atoms with Gasteiger partial charge < -0.3 is 10.3 Å². The van der Waals surface area contributed by atoms with Gasteiger partial charge in [0, 0.05) is 17.5 Å². The number of nitrogens with two attached hydrogens (primary N) is 1. The van der Waals surface area contributed by atoms with Crippen molar-refractivity contribution >= 4 is 5.88 Å². The van der Waals surface area contributed by atoms with E-state index in [0.29, 0.717) is 16.8 Å². The molecule has 0 aliphatic heterocycles. The quantitative estimate of drug-likeness (QED) is 0.774. The second kappa shape index (κ2) is 4.77. The van der Waals surface area contributed by atoms with Gasteiger partial charge >= 0.3 is 0 Å². The van der Waals surface area contributed by atoms with Crippen LogP contribution >= 0.6 is 0 Å². The molecule has 1 aromatic carbocycles. The minimum atomic E-state index is -0.333. The van der Waals surface area contributed by atoms with Gasteiger partial charge in [-0.3, -0.25) is 4.98 Å². The van der Waals surface area contributed by atoms with E-state index in [0.717, 1.165) is 11.3 Å². The summed E-state index contributed by atoms with van der Waals surface area (Å²) in [5, 5.41) is 3.98. The summed E-state index contributed by atoms with van der Waals surface area (Å²) in [5.74, 6) is -0.167. The number of aromatic nitrogens is 2. The van der Waals surface area contributed by atoms with Crippen molar-refractivity contribution in [3.63, 3.8) is 0 Å². The number of hydrogen-bond donors (Lipinski definition) is 1. The summed E-state index contributed by atoms with van der Waals surface area (Å²) >= 11 is 0. The predicted octanol–water partition coefficient (Wildman–Crippen LogP) is 3.43. The number of nitrogens with zero attached hydrogens (tertiary/aromatic N) is 2. The smallest absolute Gasteiger partial charge is 0.230 e. The molecule has 0 saturated carbocycles. The highest BCUT2D eigenvalue weighted by Crippen LogP contribution is 2.36. The fourth-order valence-electron chi connectivity index (χ4n) is 2.12. The number of pyridine rings is 1. The Morgan fingerprint density at radius 3 is 2.75 bits per heavy atom. The molecular weight excluding hydrogens is 257 g/mol. The molecule has 0 fully saturated rings. The van der Waals surface area contributed by atoms with Crippen LogP contribution < -0.4 is 5.73 Å². The Bertz CT molecular complexity index is 767. The molecule has 0 aliphatic rings. The summed E-state index contributed by atoms with van der Waals surface area (Å²) < 4.78 is 18.5. The van der Waals surface area contributed by atoms with Crippen LogP contribution in [0.1, 0.15) is 5.69 Å². The molecule has 0 radical (unpaired) electrons. The van der Waals surface area contributed by atoms with Crippen molar-refractivity contribution in [2.75, 3.05) is 5.73 Å². The first-order valence-corrected chi connectivity index (χ1v) is 6.09. The van der Waals surface area contributed by atoms with Crippen molar-refractivity contribution in [1.29, 1.82) is 0 Å². The van der Waals surface area contributed by atoms with E-state index in [1.54, 1.807) is 18.3 Å². The summed E-state index contributed by atoms with van der Waals surface area (Å²) in [5.41, 5.74) is 9.33. The Labute approximate surface area is 115 Å². The minimum Gasteiger partial charge on any atom is -0.367 e. The van der Waals surface area contributed by atoms with Gasteiger partial charge in [-0.15, -0.1) is 0 Å². The number of aryl methyl sites for hydroxylation is 1. The molecule has 5 heteroatoms. The topological polar surface area (TPSA) is 64.9 Å². The van der Waals surface area contributed by atoms with Gasteiger partial charge in [0.05, 0.1) is 5.56 Å². The van der Waals surface area contributed by atoms with Crippen LogP contribution in [0, 0.1) is 12.7 Å². The number of halogens is 1. The van der Waals surface area contributed by atoms with E-state index in [1.165, 1.54) is 12.1 Å². The zero-order valence-electron chi connectivity index (χ0n) is 10.8. The van der Waals surface area contributed by atoms with Gasteiger partial charge in [-0.05, 0) is 36.8 Å². The Morgan fingerprint density at radius 1 is 1.15 bits per heavy atom. The van der Waals surface area contributed by atoms with E-state index in [2.05, 4.69) is 10.1 Å². The third-order valence-electron chi connectivity index (χ3n) is 3.00. The Balaban J connectivity index is 2.20. The molecule has 3 aromatic rings. The maximum atomic E-state index is 13.4. The van der Waals surface area contributed by atoms with Crippen molar-refractivity contribution in [2.24, 2.45) is 0 Å². The first-order valence-electron chi connectivity index (χ1n) is 6.09. The fourth-order valence-corrected chi connectivity index (χ4v) is 2.12. The second-order valence-electron chi connectivity index (χ2n) is 4.47. The molecule has 100 valence electrons. The lowest BCUT2D eigenvalue weighted by atomic mass is 10.0. The standard InChI is InChI=1S/C15H12FN3O/c1-9-7-11(5-6-18-9)14-13(15(17)20-19-14)10-3-2-4-12(16)8-10/h2-8H,17H2,1H3. The molecule has 0 aliphatic carbocycles. The number of anilines is 1. The third-order valence-corrected chi connectivity index (χ3v) is 3.00. The van der Waals surface area contributed by atoms with E-state index in [-0.39, 0.29) is 11.7 Å². The lowest BCUT2D eigenvalue weighted by molar-refractivity contribution is 0.439. The average molecular weight is 269 g/mol. The van der Waals surface area contributed by atoms with E-state index >= 15 is 0 Å². The molecule has 2 N–H and O–H groups in total. The van der Waals surface area contributed by atoms with E-state index in [1.807, 2.05) is 19.1 Å². The van der Waals surface area contributed by atoms with Crippen LogP contribution in [0.15, 0.2) is 47.1 Å². The highest BCUT2D eigenvalue weighted by atomic mass is 19.1. The van der Waals surface area contributed by atoms with E-state index in [4.69, 9.17) is 10.3 Å². The summed E-state index contributed by atoms with van der Waals surface area (Å²) in [6, 6.07) is 9.86. The van der Waals surface area contributed by atoms with Gasteiger partial charge in [-0.1, -0.05) is 17.3 Å². The van der Waals surface area contributed by atoms with Crippen LogP contribution in [0.2, 0.25) is 0 Å². The average Bonchev–Trinajstić information content (AvgIpc) is 2.80. The van der Waals surface area contributed by atoms with Gasteiger partial charge in [-0.2, -0.15) is 0 Å². The number of rotatable bonds is 2. The van der Waals surface area contributed by atoms with Crippen LogP contribution in [0.4, 0.5) is 10.3 Å². The molecule has 2 heterocycles. The molecule has 3 rings (SSSR count). The molecule has 0 amide bonds. The lowest BCUT2D eigenvalue weighted by Gasteiger charge is -2.03. The predicted molar refractivity (Wildman–Crippen MR) is 74.3 cm³/mol. The summed E-state index contributed by atoms with van der Waals surface area (Å²) in [6.45, 7) is 1.88. The van der Waals surface area contributed by atoms with Gasteiger partial charge in [0.15, 0.2) is 0 Å². The second-order valence-corrected chi connectivity index (χ2v) is 4.47. The largest absolute Gasteiger partial charge is 0.367 e. The first-order chi connectivity index (χ1) is 9.65. The van der Waals surface area contributed by atoms with Crippen molar-refractivity contribution in [3.8, 4) is 22.4 Å². The highest BCUT2D eigenvalue weighted by Gasteiger charge is 2.17. The van der Waals surface area contributed by atoms with Gasteiger partial charge in [0.1, 0.15) is 11.5 Å². The van der Waals surface area contributed by atoms with Crippen LogP contribution in [-0.4, -0.2) is 10.1 Å². The SMILES string of the molecule is Cc1cc(-c2noc(N)c2-c2cccc(F)c2)ccn1. The zero-order chi connectivity index (χ0) is 14.1. The molecule has 2 aromatic heterocycles. The number of hydrogen-bond acceptors (Lipinski definition) is 4. The van der Waals surface area contributed by atoms with Gasteiger partial charge in [-0.25, -0.2) is 4.39 Å². The molecule has 0 spiro atoms. The van der Waals surface area contributed by atoms with E-state index in [9.17, 15) is 4.39 Å². The molecule has 0 atom stereocenters. The van der Waals surface area contributed by atoms with Crippen molar-refractivity contribution < 1.29 is 8.91 Å². The zero-order valence-corrected chi connectivity index (χ0v) is 10.8. The third kappa shape index (κ3) is 2.14. The minimum absolute atomic E-state index is 0.167. The van der Waals surface area contributed by atoms with Gasteiger partial charge in [0.25, 0.3) is 0 Å². The Kier molecular flexibility index (Phi) is 2.95. The molecular formula is C15H12FN3O. The first kappa shape index (κ1) is 12.3. The van der Waals surface area contributed by atoms with E-state index < -0.39 is 0 Å². The van der Waals surface area contributed by atoms with Crippen molar-refractivity contribution in [3.05, 3.63) is 54.1 Å². The molecule has 0 saturated heterocycles. The molecule has 20 heavy (non-hydrogen) atoms. The Hall–Kier alpha value is -2.69. The summed E-state index contributed by atoms with van der Waals surface area (Å²) in [6.07, 6.45) is 1.69. The summed E-state index contributed by atoms with van der Waals surface area (Å²) in [4.78, 5) is 4.14. The molecule has 4 nitrogen and oxygen atoms in total. The monoisotopic (exact) mass is 269 g/mol. The summed E-state index contributed by atoms with van der Waals surface area (Å²) in [7, 11) is 0. The Morgan fingerprint density at radius 2 is 2.00 bits per heavy atom. The van der Waals surface area contributed by atoms with Crippen LogP contribution in [-0.2, 0) is 0 Å². The highest BCUT2D eigenvalue weighted by molar-refractivity contribution is 5.86. The normalized spacial score (nSPS) is 10.7. The van der Waals surface area contributed by atoms with Crippen LogP contribution in [0.5, 0.6) is 0 Å². The maximum Gasteiger partial charge on any atom is 0.230 e. The fraction of sp³-hybridized carbons (Fsp3) is 0.0667. The number of benzene rings is 1. The van der Waals surface area contributed by atoms with Crippen molar-refractivity contribution in [2.45, 2.75) is 6.92 Å². The van der Waals surface area contributed by atoms with Crippen LogP contribution in [0.3, 0.4) is 0 Å². The van der Waals surface area contributed by atoms with Gasteiger partial charge in [0.2, 0.25) is 5.88 Å². The molecule has 0 unspecified atom stereocenters. The molecule has 0 bridgehead atoms. The van der Waals surface area contributed by atoms with Crippen LogP contribution in [0.25, 0.3) is 22.4 Å². The lowest BCUT2D eigenvalue weighted by Crippen LogP contribution is -1.89. The maximum absolute atomic E-state index is 13.4. The van der Waals surface area contributed by atoms with Crippen molar-refractivity contribution in [1.82, 2.24) is 10.1 Å². The number of nitrogen functional groups attached to an aromatic ring is 1.